The number of amides is 1. The van der Waals surface area contributed by atoms with Crippen LogP contribution in [0.3, 0.4) is 0 Å². The number of hydrogen-bond acceptors (Lipinski definition) is 4. The Morgan fingerprint density at radius 2 is 2.16 bits per heavy atom. The molecule has 1 aliphatic rings. The zero-order chi connectivity index (χ0) is 14.0. The molecule has 3 N–H and O–H groups in total. The van der Waals surface area contributed by atoms with Crippen molar-refractivity contribution in [2.45, 2.75) is 13.0 Å². The van der Waals surface area contributed by atoms with E-state index >= 15 is 0 Å². The molecule has 0 saturated carbocycles. The van der Waals surface area contributed by atoms with Crippen molar-refractivity contribution in [3.05, 3.63) is 29.3 Å². The van der Waals surface area contributed by atoms with E-state index in [9.17, 15) is 14.7 Å². The second-order valence-corrected chi connectivity index (χ2v) is 4.58. The van der Waals surface area contributed by atoms with Gasteiger partial charge in [-0.05, 0) is 24.6 Å². The molecule has 1 aromatic carbocycles. The normalized spacial score (nSPS) is 19.2. The molecule has 1 unspecified atom stereocenters. The van der Waals surface area contributed by atoms with Crippen LogP contribution < -0.4 is 5.32 Å². The summed E-state index contributed by atoms with van der Waals surface area (Å²) in [6.45, 7) is 2.87. The summed E-state index contributed by atoms with van der Waals surface area (Å²) in [4.78, 5) is 24.7. The molecule has 102 valence electrons. The van der Waals surface area contributed by atoms with Crippen LogP contribution in [0.25, 0.3) is 0 Å². The van der Waals surface area contributed by atoms with Gasteiger partial charge < -0.3 is 20.4 Å². The summed E-state index contributed by atoms with van der Waals surface area (Å²) in [5.41, 5.74) is 0.975. The number of aryl methyl sites for hydroxylation is 1. The van der Waals surface area contributed by atoms with Crippen molar-refractivity contribution in [1.82, 2.24) is 10.2 Å². The number of carboxylic acids is 1. The van der Waals surface area contributed by atoms with E-state index in [1.165, 1.54) is 17.0 Å². The van der Waals surface area contributed by atoms with Crippen molar-refractivity contribution < 1.29 is 19.8 Å². The second-order valence-electron chi connectivity index (χ2n) is 4.58. The van der Waals surface area contributed by atoms with Gasteiger partial charge in [0.1, 0.15) is 11.8 Å². The number of carbonyl (C=O) groups is 2. The number of phenolic OH excluding ortho intramolecular Hbond substituents is 1. The van der Waals surface area contributed by atoms with Crippen molar-refractivity contribution in [3.8, 4) is 5.75 Å². The largest absolute Gasteiger partial charge is 0.507 e. The lowest BCUT2D eigenvalue weighted by Gasteiger charge is -2.33. The minimum absolute atomic E-state index is 0.118. The third kappa shape index (κ3) is 2.68. The van der Waals surface area contributed by atoms with Gasteiger partial charge in [-0.3, -0.25) is 4.79 Å². The lowest BCUT2D eigenvalue weighted by atomic mass is 10.1. The Balaban J connectivity index is 2.28. The number of aromatic hydroxyl groups is 1. The average molecular weight is 264 g/mol. The van der Waals surface area contributed by atoms with E-state index < -0.39 is 17.9 Å². The minimum Gasteiger partial charge on any atom is -0.507 e. The average Bonchev–Trinajstić information content (AvgIpc) is 2.38. The number of carboxylic acid groups (broad SMARTS) is 1. The molecule has 1 fully saturated rings. The quantitative estimate of drug-likeness (QED) is 0.710. The van der Waals surface area contributed by atoms with Gasteiger partial charge in [0.05, 0.1) is 5.56 Å². The highest BCUT2D eigenvalue weighted by Crippen LogP contribution is 2.21. The topological polar surface area (TPSA) is 89.9 Å². The third-order valence-corrected chi connectivity index (χ3v) is 3.17. The highest BCUT2D eigenvalue weighted by Gasteiger charge is 2.33. The van der Waals surface area contributed by atoms with Crippen molar-refractivity contribution in [3.63, 3.8) is 0 Å². The first kappa shape index (κ1) is 13.4. The Hall–Kier alpha value is -2.08. The molecular weight excluding hydrogens is 248 g/mol. The molecule has 6 nitrogen and oxygen atoms in total. The van der Waals surface area contributed by atoms with Gasteiger partial charge in [0.15, 0.2) is 0 Å². The Morgan fingerprint density at radius 1 is 1.42 bits per heavy atom. The summed E-state index contributed by atoms with van der Waals surface area (Å²) in [6.07, 6.45) is 0. The molecule has 0 aliphatic carbocycles. The Bertz CT molecular complexity index is 515. The minimum atomic E-state index is -1.05. The van der Waals surface area contributed by atoms with Crippen LogP contribution in [-0.4, -0.2) is 52.7 Å². The van der Waals surface area contributed by atoms with E-state index in [1.807, 2.05) is 0 Å². The maximum atomic E-state index is 12.3. The number of aliphatic carboxylic acids is 1. The van der Waals surface area contributed by atoms with Crippen LogP contribution in [0.1, 0.15) is 15.9 Å². The fourth-order valence-electron chi connectivity index (χ4n) is 2.15. The summed E-state index contributed by atoms with van der Waals surface area (Å²) in [5.74, 6) is -1.62. The predicted octanol–water partition coefficient (Wildman–Crippen LogP) is 0.199. The van der Waals surface area contributed by atoms with E-state index in [4.69, 9.17) is 5.11 Å². The summed E-state index contributed by atoms with van der Waals surface area (Å²) >= 11 is 0. The van der Waals surface area contributed by atoms with E-state index in [1.54, 1.807) is 13.0 Å². The number of nitrogens with zero attached hydrogens (tertiary/aromatic N) is 1. The SMILES string of the molecule is Cc1ccc(C(=O)N2CCNCC2C(=O)O)c(O)c1. The smallest absolute Gasteiger partial charge is 0.327 e. The molecule has 19 heavy (non-hydrogen) atoms. The highest BCUT2D eigenvalue weighted by atomic mass is 16.4. The molecule has 0 radical (unpaired) electrons. The van der Waals surface area contributed by atoms with Crippen LogP contribution in [0.4, 0.5) is 0 Å². The number of phenols is 1. The fraction of sp³-hybridized carbons (Fsp3) is 0.385. The van der Waals surface area contributed by atoms with Gasteiger partial charge in [0.2, 0.25) is 0 Å². The molecule has 1 atom stereocenters. The van der Waals surface area contributed by atoms with Crippen LogP contribution in [-0.2, 0) is 4.79 Å². The molecule has 0 bridgehead atoms. The first-order valence-electron chi connectivity index (χ1n) is 6.05. The second kappa shape index (κ2) is 5.27. The molecule has 1 aliphatic heterocycles. The van der Waals surface area contributed by atoms with Crippen molar-refractivity contribution in [2.75, 3.05) is 19.6 Å². The molecule has 0 spiro atoms. The van der Waals surface area contributed by atoms with Gasteiger partial charge in [-0.2, -0.15) is 0 Å². The summed E-state index contributed by atoms with van der Waals surface area (Å²) in [5, 5.41) is 21.9. The summed E-state index contributed by atoms with van der Waals surface area (Å²) < 4.78 is 0. The van der Waals surface area contributed by atoms with Gasteiger partial charge in [-0.15, -0.1) is 0 Å². The van der Waals surface area contributed by atoms with E-state index in [2.05, 4.69) is 5.32 Å². The number of nitrogens with one attached hydrogen (secondary N) is 1. The number of hydrogen-bond donors (Lipinski definition) is 3. The van der Waals surface area contributed by atoms with Crippen LogP contribution >= 0.6 is 0 Å². The summed E-state index contributed by atoms with van der Waals surface area (Å²) in [6, 6.07) is 3.83. The molecule has 1 aromatic rings. The standard InChI is InChI=1S/C13H16N2O4/c1-8-2-3-9(11(16)6-8)12(17)15-5-4-14-7-10(15)13(18)19/h2-3,6,10,14,16H,4-5,7H2,1H3,(H,18,19). The van der Waals surface area contributed by atoms with Crippen molar-refractivity contribution >= 4 is 11.9 Å². The van der Waals surface area contributed by atoms with E-state index in [0.29, 0.717) is 13.1 Å². The number of rotatable bonds is 2. The molecule has 0 aromatic heterocycles. The van der Waals surface area contributed by atoms with Crippen LogP contribution in [0.5, 0.6) is 5.75 Å². The Labute approximate surface area is 110 Å². The fourth-order valence-corrected chi connectivity index (χ4v) is 2.15. The lowest BCUT2D eigenvalue weighted by Crippen LogP contribution is -2.56. The molecule has 2 rings (SSSR count). The lowest BCUT2D eigenvalue weighted by molar-refractivity contribution is -0.142. The third-order valence-electron chi connectivity index (χ3n) is 3.17. The van der Waals surface area contributed by atoms with Gasteiger partial charge in [-0.1, -0.05) is 6.07 Å². The molecule has 1 heterocycles. The van der Waals surface area contributed by atoms with Crippen molar-refractivity contribution in [2.24, 2.45) is 0 Å². The van der Waals surface area contributed by atoms with Gasteiger partial charge in [-0.25, -0.2) is 4.79 Å². The van der Waals surface area contributed by atoms with Crippen LogP contribution in [0.2, 0.25) is 0 Å². The monoisotopic (exact) mass is 264 g/mol. The number of benzene rings is 1. The van der Waals surface area contributed by atoms with Gasteiger partial charge >= 0.3 is 5.97 Å². The maximum absolute atomic E-state index is 12.3. The first-order chi connectivity index (χ1) is 9.00. The molecule has 1 amide bonds. The number of carbonyl (C=O) groups excluding carboxylic acids is 1. The van der Waals surface area contributed by atoms with Crippen molar-refractivity contribution in [1.29, 1.82) is 0 Å². The van der Waals surface area contributed by atoms with E-state index in [-0.39, 0.29) is 17.9 Å². The summed E-state index contributed by atoms with van der Waals surface area (Å²) in [7, 11) is 0. The molecular formula is C13H16N2O4. The zero-order valence-electron chi connectivity index (χ0n) is 10.6. The first-order valence-corrected chi connectivity index (χ1v) is 6.05. The Kier molecular flexibility index (Phi) is 3.71. The van der Waals surface area contributed by atoms with Gasteiger partial charge in [0, 0.05) is 19.6 Å². The molecule has 6 heteroatoms. The zero-order valence-corrected chi connectivity index (χ0v) is 10.6. The number of piperazine rings is 1. The van der Waals surface area contributed by atoms with Crippen LogP contribution in [0.15, 0.2) is 18.2 Å². The Morgan fingerprint density at radius 3 is 2.79 bits per heavy atom. The van der Waals surface area contributed by atoms with Gasteiger partial charge in [0.25, 0.3) is 5.91 Å². The van der Waals surface area contributed by atoms with Crippen LogP contribution in [0, 0.1) is 6.92 Å². The molecule has 1 saturated heterocycles. The maximum Gasteiger partial charge on any atom is 0.327 e. The van der Waals surface area contributed by atoms with E-state index in [0.717, 1.165) is 5.56 Å². The highest BCUT2D eigenvalue weighted by molar-refractivity contribution is 5.99. The predicted molar refractivity (Wildman–Crippen MR) is 68.2 cm³/mol.